The molecule has 0 radical (unpaired) electrons. The summed E-state index contributed by atoms with van der Waals surface area (Å²) < 4.78 is 9.19. The molecule has 0 fully saturated rings. The standard InChI is InChI=1S/C10H16N2O6/c1-4-17-9(13)7-11(3)6-8(12(15)16)10(14)18-5-2/h6H,4-5,7H2,1-3H3. The summed E-state index contributed by atoms with van der Waals surface area (Å²) in [5.74, 6) is -1.58. The second-order valence-corrected chi connectivity index (χ2v) is 3.21. The average molecular weight is 260 g/mol. The molecule has 0 aliphatic heterocycles. The molecular formula is C10H16N2O6. The molecule has 0 aromatic rings. The van der Waals surface area contributed by atoms with E-state index in [0.717, 1.165) is 6.20 Å². The minimum atomic E-state index is -1.04. The molecule has 0 aromatic heterocycles. The molecule has 0 aliphatic carbocycles. The summed E-state index contributed by atoms with van der Waals surface area (Å²) in [4.78, 5) is 33.4. The maximum absolute atomic E-state index is 11.3. The van der Waals surface area contributed by atoms with Gasteiger partial charge in [-0.2, -0.15) is 0 Å². The molecule has 0 spiro atoms. The third kappa shape index (κ3) is 5.83. The molecule has 102 valence electrons. The predicted molar refractivity (Wildman–Crippen MR) is 61.0 cm³/mol. The quantitative estimate of drug-likeness (QED) is 0.278. The summed E-state index contributed by atoms with van der Waals surface area (Å²) in [6.07, 6.45) is 0.939. The minimum absolute atomic E-state index is 0.0333. The van der Waals surface area contributed by atoms with Crippen molar-refractivity contribution in [1.82, 2.24) is 4.90 Å². The number of carbonyl (C=O) groups excluding carboxylic acids is 2. The van der Waals surface area contributed by atoms with Crippen LogP contribution in [0, 0.1) is 10.1 Å². The van der Waals surface area contributed by atoms with Gasteiger partial charge < -0.3 is 14.4 Å². The van der Waals surface area contributed by atoms with E-state index in [-0.39, 0.29) is 19.8 Å². The van der Waals surface area contributed by atoms with Crippen LogP contribution in [-0.2, 0) is 19.1 Å². The zero-order valence-electron chi connectivity index (χ0n) is 10.5. The molecule has 0 unspecified atom stereocenters. The SMILES string of the molecule is CCOC(=O)CN(C)C=C(C(=O)OCC)[N+](=O)[O-]. The lowest BCUT2D eigenvalue weighted by atomic mass is 10.4. The highest BCUT2D eigenvalue weighted by atomic mass is 16.6. The van der Waals surface area contributed by atoms with Gasteiger partial charge in [0.05, 0.1) is 24.3 Å². The van der Waals surface area contributed by atoms with Crippen LogP contribution in [0.1, 0.15) is 13.8 Å². The van der Waals surface area contributed by atoms with Crippen LogP contribution in [0.4, 0.5) is 0 Å². The Morgan fingerprint density at radius 3 is 2.28 bits per heavy atom. The lowest BCUT2D eigenvalue weighted by Crippen LogP contribution is -2.26. The lowest BCUT2D eigenvalue weighted by Gasteiger charge is -2.12. The molecule has 0 bridgehead atoms. The Hall–Kier alpha value is -2.12. The van der Waals surface area contributed by atoms with E-state index < -0.39 is 22.6 Å². The highest BCUT2D eigenvalue weighted by Gasteiger charge is 2.24. The van der Waals surface area contributed by atoms with Crippen molar-refractivity contribution in [2.24, 2.45) is 0 Å². The zero-order valence-corrected chi connectivity index (χ0v) is 10.5. The molecule has 0 saturated carbocycles. The number of hydrogen-bond donors (Lipinski definition) is 0. The summed E-state index contributed by atoms with van der Waals surface area (Å²) >= 11 is 0. The van der Waals surface area contributed by atoms with E-state index in [4.69, 9.17) is 0 Å². The molecule has 8 heteroatoms. The molecule has 8 nitrogen and oxygen atoms in total. The third-order valence-electron chi connectivity index (χ3n) is 1.71. The van der Waals surface area contributed by atoms with Gasteiger partial charge in [0, 0.05) is 7.05 Å². The van der Waals surface area contributed by atoms with Crippen LogP contribution in [0.5, 0.6) is 0 Å². The maximum Gasteiger partial charge on any atom is 0.411 e. The molecule has 0 N–H and O–H groups in total. The Morgan fingerprint density at radius 2 is 1.83 bits per heavy atom. The van der Waals surface area contributed by atoms with E-state index in [1.807, 2.05) is 0 Å². The van der Waals surface area contributed by atoms with Crippen LogP contribution < -0.4 is 0 Å². The van der Waals surface area contributed by atoms with Gasteiger partial charge in [-0.15, -0.1) is 0 Å². The fourth-order valence-corrected chi connectivity index (χ4v) is 1.04. The molecule has 0 aromatic carbocycles. The Bertz CT molecular complexity index is 352. The number of esters is 2. The van der Waals surface area contributed by atoms with Crippen LogP contribution >= 0.6 is 0 Å². The van der Waals surface area contributed by atoms with Gasteiger partial charge in [-0.25, -0.2) is 4.79 Å². The monoisotopic (exact) mass is 260 g/mol. The van der Waals surface area contributed by atoms with Gasteiger partial charge in [0.25, 0.3) is 0 Å². The summed E-state index contributed by atoms with van der Waals surface area (Å²) in [5.41, 5.74) is -0.733. The second-order valence-electron chi connectivity index (χ2n) is 3.21. The third-order valence-corrected chi connectivity index (χ3v) is 1.71. The first-order valence-corrected chi connectivity index (χ1v) is 5.31. The summed E-state index contributed by atoms with van der Waals surface area (Å²) in [5, 5.41) is 10.7. The van der Waals surface area contributed by atoms with Crippen molar-refractivity contribution in [3.05, 3.63) is 22.0 Å². The van der Waals surface area contributed by atoms with Gasteiger partial charge in [0.1, 0.15) is 6.54 Å². The van der Waals surface area contributed by atoms with Gasteiger partial charge in [0.2, 0.25) is 0 Å². The number of carbonyl (C=O) groups is 2. The Labute approximate surface area is 104 Å². The smallest absolute Gasteiger partial charge is 0.411 e. The summed E-state index contributed by atoms with van der Waals surface area (Å²) in [6.45, 7) is 3.25. The van der Waals surface area contributed by atoms with E-state index in [1.165, 1.54) is 18.9 Å². The van der Waals surface area contributed by atoms with E-state index in [0.29, 0.717) is 0 Å². The summed E-state index contributed by atoms with van der Waals surface area (Å²) in [7, 11) is 1.42. The first-order valence-electron chi connectivity index (χ1n) is 5.31. The van der Waals surface area contributed by atoms with Crippen molar-refractivity contribution in [2.45, 2.75) is 13.8 Å². The lowest BCUT2D eigenvalue weighted by molar-refractivity contribution is -0.422. The maximum atomic E-state index is 11.3. The molecule has 0 atom stereocenters. The van der Waals surface area contributed by atoms with Gasteiger partial charge in [-0.3, -0.25) is 14.9 Å². The number of hydrogen-bond acceptors (Lipinski definition) is 7. The highest BCUT2D eigenvalue weighted by Crippen LogP contribution is 2.02. The van der Waals surface area contributed by atoms with Crippen LogP contribution in [0.2, 0.25) is 0 Å². The number of nitrogens with zero attached hydrogens (tertiary/aromatic N) is 2. The average Bonchev–Trinajstić information content (AvgIpc) is 2.25. The highest BCUT2D eigenvalue weighted by molar-refractivity contribution is 5.85. The summed E-state index contributed by atoms with van der Waals surface area (Å²) in [6, 6.07) is 0. The van der Waals surface area contributed by atoms with E-state index in [1.54, 1.807) is 6.92 Å². The van der Waals surface area contributed by atoms with Gasteiger partial charge in [-0.1, -0.05) is 0 Å². The van der Waals surface area contributed by atoms with Crippen molar-refractivity contribution in [3.63, 3.8) is 0 Å². The largest absolute Gasteiger partial charge is 0.465 e. The molecule has 0 rings (SSSR count). The molecule has 0 heterocycles. The van der Waals surface area contributed by atoms with Crippen molar-refractivity contribution in [2.75, 3.05) is 26.8 Å². The van der Waals surface area contributed by atoms with Crippen LogP contribution in [-0.4, -0.2) is 48.6 Å². The van der Waals surface area contributed by atoms with Gasteiger partial charge in [-0.05, 0) is 13.8 Å². The first-order chi connectivity index (χ1) is 8.42. The van der Waals surface area contributed by atoms with Crippen LogP contribution in [0.3, 0.4) is 0 Å². The van der Waals surface area contributed by atoms with Gasteiger partial charge >= 0.3 is 17.6 Å². The molecule has 0 saturated heterocycles. The van der Waals surface area contributed by atoms with Crippen molar-refractivity contribution >= 4 is 11.9 Å². The number of ether oxygens (including phenoxy) is 2. The Kier molecular flexibility index (Phi) is 7.10. The fraction of sp³-hybridized carbons (Fsp3) is 0.600. The van der Waals surface area contributed by atoms with Crippen LogP contribution in [0.25, 0.3) is 0 Å². The number of nitro groups is 1. The molecule has 0 aliphatic rings. The van der Waals surface area contributed by atoms with E-state index in [2.05, 4.69) is 9.47 Å². The Balaban J connectivity index is 4.69. The topological polar surface area (TPSA) is 99.0 Å². The molecule has 18 heavy (non-hydrogen) atoms. The fourth-order valence-electron chi connectivity index (χ4n) is 1.04. The van der Waals surface area contributed by atoms with Crippen molar-refractivity contribution in [1.29, 1.82) is 0 Å². The van der Waals surface area contributed by atoms with Gasteiger partial charge in [0.15, 0.2) is 0 Å². The Morgan fingerprint density at radius 1 is 1.28 bits per heavy atom. The molecular weight excluding hydrogens is 244 g/mol. The van der Waals surface area contributed by atoms with E-state index >= 15 is 0 Å². The van der Waals surface area contributed by atoms with Crippen LogP contribution in [0.15, 0.2) is 11.9 Å². The first kappa shape index (κ1) is 15.9. The van der Waals surface area contributed by atoms with Crippen molar-refractivity contribution in [3.8, 4) is 0 Å². The minimum Gasteiger partial charge on any atom is -0.465 e. The van der Waals surface area contributed by atoms with E-state index in [9.17, 15) is 19.7 Å². The zero-order chi connectivity index (χ0) is 14.1. The molecule has 0 amide bonds. The normalized spacial score (nSPS) is 10.7. The number of likely N-dealkylation sites (N-methyl/N-ethyl adjacent to an activating group) is 1. The van der Waals surface area contributed by atoms with Crippen molar-refractivity contribution < 1.29 is 24.0 Å². The predicted octanol–water partition coefficient (Wildman–Crippen LogP) is 0.163. The second kappa shape index (κ2) is 8.04. The number of rotatable bonds is 7.